The summed E-state index contributed by atoms with van der Waals surface area (Å²) in [4.78, 5) is 16.2. The molecule has 3 rings (SSSR count). The quantitative estimate of drug-likeness (QED) is 0.654. The third-order valence-corrected chi connectivity index (χ3v) is 3.87. The van der Waals surface area contributed by atoms with Crippen molar-refractivity contribution in [1.82, 2.24) is 15.2 Å². The third-order valence-electron chi connectivity index (χ3n) is 3.87. The summed E-state index contributed by atoms with van der Waals surface area (Å²) in [5.41, 5.74) is 3.73. The molecule has 0 bridgehead atoms. The Morgan fingerprint density at radius 3 is 2.19 bits per heavy atom. The Hall–Kier alpha value is -4.17. The monoisotopic (exact) mass is 357 g/mol. The van der Waals surface area contributed by atoms with Gasteiger partial charge in [-0.15, -0.1) is 5.10 Å². The summed E-state index contributed by atoms with van der Waals surface area (Å²) in [7, 11) is 0. The number of hydrogen-bond donors (Lipinski definition) is 3. The highest BCUT2D eigenvalue weighted by Gasteiger charge is 2.10. The van der Waals surface area contributed by atoms with E-state index in [9.17, 15) is 4.79 Å². The standard InChI is InChI=1S/C19H15N7O/c1-11-7-14(10-21)8-12(2)16(11)23-19-24-17(18(27)25-26-19)22-15-5-3-13(9-20)4-6-15/h3-8H,1-2H3,(H,25,27)(H2,22,23,24,26). The maximum absolute atomic E-state index is 12.0. The van der Waals surface area contributed by atoms with Crippen LogP contribution in [0.3, 0.4) is 0 Å². The lowest BCUT2D eigenvalue weighted by molar-refractivity contribution is 0.944. The van der Waals surface area contributed by atoms with Crippen molar-refractivity contribution in [2.75, 3.05) is 10.6 Å². The Labute approximate surface area is 155 Å². The summed E-state index contributed by atoms with van der Waals surface area (Å²) >= 11 is 0. The minimum absolute atomic E-state index is 0.0705. The Morgan fingerprint density at radius 2 is 1.59 bits per heavy atom. The predicted octanol–water partition coefficient (Wildman–Crippen LogP) is 3.01. The van der Waals surface area contributed by atoms with Gasteiger partial charge in [-0.2, -0.15) is 15.5 Å². The van der Waals surface area contributed by atoms with Crippen LogP contribution in [0.2, 0.25) is 0 Å². The number of aryl methyl sites for hydroxylation is 2. The van der Waals surface area contributed by atoms with Crippen molar-refractivity contribution in [3.63, 3.8) is 0 Å². The van der Waals surface area contributed by atoms with Gasteiger partial charge in [0.2, 0.25) is 11.8 Å². The lowest BCUT2D eigenvalue weighted by Crippen LogP contribution is -2.17. The fraction of sp³-hybridized carbons (Fsp3) is 0.105. The second kappa shape index (κ2) is 7.38. The Balaban J connectivity index is 1.89. The van der Waals surface area contributed by atoms with Crippen molar-refractivity contribution in [3.05, 3.63) is 69.0 Å². The molecule has 8 heteroatoms. The van der Waals surface area contributed by atoms with Gasteiger partial charge in [0.25, 0.3) is 0 Å². The molecule has 8 nitrogen and oxygen atoms in total. The molecule has 0 amide bonds. The Morgan fingerprint density at radius 1 is 0.963 bits per heavy atom. The molecule has 0 atom stereocenters. The van der Waals surface area contributed by atoms with E-state index in [2.05, 4.69) is 31.9 Å². The zero-order valence-corrected chi connectivity index (χ0v) is 14.7. The van der Waals surface area contributed by atoms with Crippen LogP contribution in [0.4, 0.5) is 23.1 Å². The number of benzene rings is 2. The van der Waals surface area contributed by atoms with Crippen molar-refractivity contribution in [2.24, 2.45) is 0 Å². The molecule has 132 valence electrons. The first-order chi connectivity index (χ1) is 13.0. The van der Waals surface area contributed by atoms with Crippen LogP contribution in [0, 0.1) is 36.5 Å². The SMILES string of the molecule is Cc1cc(C#N)cc(C)c1Nc1n[nH]c(=O)c(Nc2ccc(C#N)cc2)n1. The van der Waals surface area contributed by atoms with Crippen LogP contribution in [0.15, 0.2) is 41.2 Å². The van der Waals surface area contributed by atoms with Crippen molar-refractivity contribution in [1.29, 1.82) is 10.5 Å². The van der Waals surface area contributed by atoms with Crippen LogP contribution < -0.4 is 16.2 Å². The Kier molecular flexibility index (Phi) is 4.82. The molecule has 0 aliphatic heterocycles. The van der Waals surface area contributed by atoms with Crippen molar-refractivity contribution < 1.29 is 0 Å². The van der Waals surface area contributed by atoms with Gasteiger partial charge in [-0.3, -0.25) is 4.79 Å². The van der Waals surface area contributed by atoms with Crippen LogP contribution in [0.1, 0.15) is 22.3 Å². The topological polar surface area (TPSA) is 130 Å². The lowest BCUT2D eigenvalue weighted by atomic mass is 10.1. The highest BCUT2D eigenvalue weighted by Crippen LogP contribution is 2.24. The van der Waals surface area contributed by atoms with Gasteiger partial charge in [0.15, 0.2) is 0 Å². The van der Waals surface area contributed by atoms with Crippen molar-refractivity contribution in [3.8, 4) is 12.1 Å². The molecule has 3 aromatic rings. The molecular weight excluding hydrogens is 342 g/mol. The number of hydrogen-bond acceptors (Lipinski definition) is 7. The van der Waals surface area contributed by atoms with E-state index in [1.165, 1.54) is 0 Å². The van der Waals surface area contributed by atoms with Crippen LogP contribution in [0.5, 0.6) is 0 Å². The molecule has 2 aromatic carbocycles. The second-order valence-corrected chi connectivity index (χ2v) is 5.87. The molecule has 0 spiro atoms. The van der Waals surface area contributed by atoms with Gasteiger partial charge in [-0.25, -0.2) is 5.10 Å². The fourth-order valence-corrected chi connectivity index (χ4v) is 2.58. The van der Waals surface area contributed by atoms with E-state index in [0.29, 0.717) is 16.8 Å². The number of aromatic amines is 1. The van der Waals surface area contributed by atoms with Crippen LogP contribution in [0.25, 0.3) is 0 Å². The summed E-state index contributed by atoms with van der Waals surface area (Å²) in [6.07, 6.45) is 0. The summed E-state index contributed by atoms with van der Waals surface area (Å²) in [5, 5.41) is 30.2. The minimum Gasteiger partial charge on any atom is -0.335 e. The number of rotatable bonds is 4. The van der Waals surface area contributed by atoms with Crippen molar-refractivity contribution in [2.45, 2.75) is 13.8 Å². The van der Waals surface area contributed by atoms with Crippen LogP contribution in [-0.4, -0.2) is 15.2 Å². The Bertz CT molecular complexity index is 1110. The van der Waals surface area contributed by atoms with Gasteiger partial charge in [0.05, 0.1) is 23.3 Å². The maximum Gasteiger partial charge on any atom is 0.307 e. The van der Waals surface area contributed by atoms with E-state index in [1.54, 1.807) is 36.4 Å². The molecule has 0 aliphatic rings. The molecule has 0 unspecified atom stereocenters. The van der Waals surface area contributed by atoms with E-state index >= 15 is 0 Å². The minimum atomic E-state index is -0.474. The highest BCUT2D eigenvalue weighted by molar-refractivity contribution is 5.66. The number of aromatic nitrogens is 3. The molecule has 27 heavy (non-hydrogen) atoms. The zero-order valence-electron chi connectivity index (χ0n) is 14.7. The average Bonchev–Trinajstić information content (AvgIpc) is 2.67. The zero-order chi connectivity index (χ0) is 19.4. The number of H-pyrrole nitrogens is 1. The fourth-order valence-electron chi connectivity index (χ4n) is 2.58. The summed E-state index contributed by atoms with van der Waals surface area (Å²) in [6.45, 7) is 3.75. The van der Waals surface area contributed by atoms with E-state index < -0.39 is 5.56 Å². The number of nitrogens with zero attached hydrogens (tertiary/aromatic N) is 4. The molecule has 0 fully saturated rings. The van der Waals surface area contributed by atoms with E-state index in [1.807, 2.05) is 19.9 Å². The van der Waals surface area contributed by atoms with Crippen LogP contribution >= 0.6 is 0 Å². The van der Waals surface area contributed by atoms with E-state index in [4.69, 9.17) is 10.5 Å². The van der Waals surface area contributed by atoms with Gasteiger partial charge in [-0.1, -0.05) is 0 Å². The summed E-state index contributed by atoms with van der Waals surface area (Å²) in [6, 6.07) is 14.3. The molecule has 1 heterocycles. The van der Waals surface area contributed by atoms with Crippen LogP contribution in [-0.2, 0) is 0 Å². The first-order valence-electron chi connectivity index (χ1n) is 8.02. The molecule has 3 N–H and O–H groups in total. The molecule has 0 radical (unpaired) electrons. The predicted molar refractivity (Wildman–Crippen MR) is 101 cm³/mol. The van der Waals surface area contributed by atoms with Gasteiger partial charge in [-0.05, 0) is 61.4 Å². The van der Waals surface area contributed by atoms with E-state index in [0.717, 1.165) is 16.8 Å². The van der Waals surface area contributed by atoms with Gasteiger partial charge in [0.1, 0.15) is 0 Å². The van der Waals surface area contributed by atoms with Gasteiger partial charge in [0, 0.05) is 11.4 Å². The number of nitriles is 2. The summed E-state index contributed by atoms with van der Waals surface area (Å²) < 4.78 is 0. The number of nitrogens with one attached hydrogen (secondary N) is 3. The largest absolute Gasteiger partial charge is 0.335 e. The summed E-state index contributed by atoms with van der Waals surface area (Å²) in [5.74, 6) is 0.280. The molecule has 0 saturated heterocycles. The molecule has 0 aliphatic carbocycles. The second-order valence-electron chi connectivity index (χ2n) is 5.87. The molecular formula is C19H15N7O. The van der Waals surface area contributed by atoms with Crippen molar-refractivity contribution >= 4 is 23.1 Å². The first-order valence-corrected chi connectivity index (χ1v) is 8.02. The normalized spacial score (nSPS) is 9.93. The lowest BCUT2D eigenvalue weighted by Gasteiger charge is -2.12. The molecule has 0 saturated carbocycles. The average molecular weight is 357 g/mol. The molecule has 1 aromatic heterocycles. The smallest absolute Gasteiger partial charge is 0.307 e. The highest BCUT2D eigenvalue weighted by atomic mass is 16.1. The number of anilines is 4. The first kappa shape index (κ1) is 17.6. The third kappa shape index (κ3) is 3.91. The van der Waals surface area contributed by atoms with Gasteiger partial charge >= 0.3 is 5.56 Å². The van der Waals surface area contributed by atoms with Gasteiger partial charge < -0.3 is 10.6 Å². The van der Waals surface area contributed by atoms with E-state index in [-0.39, 0.29) is 11.8 Å². The maximum atomic E-state index is 12.0.